The van der Waals surface area contributed by atoms with E-state index in [1.807, 2.05) is 13.8 Å². The van der Waals surface area contributed by atoms with E-state index in [4.69, 9.17) is 0 Å². The number of carbonyl (C=O) groups excluding carboxylic acids is 1. The van der Waals surface area contributed by atoms with E-state index in [1.54, 1.807) is 0 Å². The molecule has 0 aromatic heterocycles. The first-order valence-electron chi connectivity index (χ1n) is 7.51. The zero-order valence-electron chi connectivity index (χ0n) is 12.5. The van der Waals surface area contributed by atoms with E-state index in [-0.39, 0.29) is 11.9 Å². The summed E-state index contributed by atoms with van der Waals surface area (Å²) in [5.74, 6) is 1.80. The van der Waals surface area contributed by atoms with Crippen molar-refractivity contribution in [3.8, 4) is 0 Å². The molecule has 1 rings (SSSR count). The third kappa shape index (κ3) is 5.85. The van der Waals surface area contributed by atoms with Crippen LogP contribution in [0.15, 0.2) is 0 Å². The van der Waals surface area contributed by atoms with Gasteiger partial charge in [-0.15, -0.1) is 0 Å². The predicted octanol–water partition coefficient (Wildman–Crippen LogP) is 2.71. The molecule has 2 N–H and O–H groups in total. The van der Waals surface area contributed by atoms with E-state index in [9.17, 15) is 4.79 Å². The van der Waals surface area contributed by atoms with Gasteiger partial charge in [0.25, 0.3) is 0 Å². The molecule has 0 radical (unpaired) electrons. The predicted molar refractivity (Wildman–Crippen MR) is 76.5 cm³/mol. The van der Waals surface area contributed by atoms with Crippen LogP contribution in [0, 0.1) is 11.8 Å². The van der Waals surface area contributed by atoms with E-state index < -0.39 is 0 Å². The quantitative estimate of drug-likeness (QED) is 0.741. The van der Waals surface area contributed by atoms with Crippen LogP contribution in [-0.4, -0.2) is 24.5 Å². The Labute approximate surface area is 112 Å². The van der Waals surface area contributed by atoms with Crippen molar-refractivity contribution >= 4 is 5.91 Å². The van der Waals surface area contributed by atoms with Crippen LogP contribution in [0.25, 0.3) is 0 Å². The first kappa shape index (κ1) is 15.5. The molecule has 0 aromatic carbocycles. The van der Waals surface area contributed by atoms with Gasteiger partial charge in [-0.05, 0) is 44.9 Å². The van der Waals surface area contributed by atoms with Crippen molar-refractivity contribution in [3.05, 3.63) is 0 Å². The van der Waals surface area contributed by atoms with Crippen molar-refractivity contribution in [1.29, 1.82) is 0 Å². The minimum atomic E-state index is 0.120. The largest absolute Gasteiger partial charge is 0.353 e. The Morgan fingerprint density at radius 1 is 1.11 bits per heavy atom. The van der Waals surface area contributed by atoms with E-state index in [1.165, 1.54) is 32.1 Å². The van der Waals surface area contributed by atoms with Crippen LogP contribution in [0.1, 0.15) is 59.8 Å². The molecule has 0 spiro atoms. The molecule has 0 aromatic rings. The highest BCUT2D eigenvalue weighted by Gasteiger charge is 2.21. The molecule has 1 saturated carbocycles. The first-order valence-corrected chi connectivity index (χ1v) is 7.51. The monoisotopic (exact) mass is 254 g/mol. The molecule has 2 atom stereocenters. The summed E-state index contributed by atoms with van der Waals surface area (Å²) in [7, 11) is 0. The van der Waals surface area contributed by atoms with Gasteiger partial charge in [-0.1, -0.05) is 26.7 Å². The van der Waals surface area contributed by atoms with Crippen LogP contribution in [0.4, 0.5) is 0 Å². The summed E-state index contributed by atoms with van der Waals surface area (Å²) < 4.78 is 0. The first-order chi connectivity index (χ1) is 8.49. The Balaban J connectivity index is 2.25. The number of nitrogens with one attached hydrogen (secondary N) is 2. The van der Waals surface area contributed by atoms with Crippen molar-refractivity contribution in [2.24, 2.45) is 11.8 Å². The van der Waals surface area contributed by atoms with Gasteiger partial charge in [0.2, 0.25) is 5.91 Å². The van der Waals surface area contributed by atoms with Gasteiger partial charge in [-0.3, -0.25) is 4.79 Å². The number of hydrogen-bond donors (Lipinski definition) is 2. The molecular weight excluding hydrogens is 224 g/mol. The average molecular weight is 254 g/mol. The molecule has 0 bridgehead atoms. The fourth-order valence-electron chi connectivity index (χ4n) is 2.81. The second-order valence-electron chi connectivity index (χ2n) is 6.31. The molecule has 1 aliphatic carbocycles. The lowest BCUT2D eigenvalue weighted by molar-refractivity contribution is -0.120. The molecule has 0 aliphatic heterocycles. The van der Waals surface area contributed by atoms with Crippen LogP contribution >= 0.6 is 0 Å². The summed E-state index contributed by atoms with van der Waals surface area (Å²) in [6.07, 6.45) is 6.40. The van der Waals surface area contributed by atoms with Crippen molar-refractivity contribution < 1.29 is 4.79 Å². The fraction of sp³-hybridized carbons (Fsp3) is 0.933. The van der Waals surface area contributed by atoms with Crippen molar-refractivity contribution in [3.63, 3.8) is 0 Å². The normalized spacial score (nSPS) is 25.2. The minimum absolute atomic E-state index is 0.120. The molecule has 3 nitrogen and oxygen atoms in total. The summed E-state index contributed by atoms with van der Waals surface area (Å²) in [5, 5.41) is 6.34. The summed E-state index contributed by atoms with van der Waals surface area (Å²) in [6, 6.07) is 0.769. The topological polar surface area (TPSA) is 41.1 Å². The summed E-state index contributed by atoms with van der Waals surface area (Å²) in [4.78, 5) is 11.6. The molecule has 0 heterocycles. The highest BCUT2D eigenvalue weighted by atomic mass is 16.1. The van der Waals surface area contributed by atoms with Gasteiger partial charge in [-0.2, -0.15) is 0 Å². The molecule has 2 unspecified atom stereocenters. The SMILES string of the molecule is CC(C)NC(=O)CNC1CCCC(C(C)C)CC1. The number of carbonyl (C=O) groups is 1. The number of amides is 1. The third-order valence-electron chi connectivity index (χ3n) is 3.96. The van der Waals surface area contributed by atoms with Gasteiger partial charge < -0.3 is 10.6 Å². The molecule has 1 fully saturated rings. The van der Waals surface area contributed by atoms with Crippen molar-refractivity contribution in [2.75, 3.05) is 6.54 Å². The Bertz CT molecular complexity index is 251. The maximum absolute atomic E-state index is 11.6. The van der Waals surface area contributed by atoms with Crippen LogP contribution in [0.5, 0.6) is 0 Å². The van der Waals surface area contributed by atoms with Crippen LogP contribution in [0.2, 0.25) is 0 Å². The molecular formula is C15H30N2O. The zero-order chi connectivity index (χ0) is 13.5. The van der Waals surface area contributed by atoms with Gasteiger partial charge in [0.1, 0.15) is 0 Å². The lowest BCUT2D eigenvalue weighted by atomic mass is 9.89. The maximum Gasteiger partial charge on any atom is 0.234 e. The second kappa shape index (κ2) is 7.78. The highest BCUT2D eigenvalue weighted by molar-refractivity contribution is 5.78. The number of hydrogen-bond acceptors (Lipinski definition) is 2. The van der Waals surface area contributed by atoms with E-state index >= 15 is 0 Å². The van der Waals surface area contributed by atoms with E-state index in [0.29, 0.717) is 12.6 Å². The molecule has 3 heteroatoms. The smallest absolute Gasteiger partial charge is 0.234 e. The zero-order valence-corrected chi connectivity index (χ0v) is 12.5. The fourth-order valence-corrected chi connectivity index (χ4v) is 2.81. The van der Waals surface area contributed by atoms with Gasteiger partial charge in [0.05, 0.1) is 6.54 Å². The molecule has 1 amide bonds. The van der Waals surface area contributed by atoms with Crippen molar-refractivity contribution in [2.45, 2.75) is 71.9 Å². The molecule has 106 valence electrons. The molecule has 0 saturated heterocycles. The van der Waals surface area contributed by atoms with Gasteiger partial charge in [-0.25, -0.2) is 0 Å². The van der Waals surface area contributed by atoms with Gasteiger partial charge in [0, 0.05) is 12.1 Å². The Kier molecular flexibility index (Phi) is 6.69. The maximum atomic E-state index is 11.6. The van der Waals surface area contributed by atoms with Crippen LogP contribution in [0.3, 0.4) is 0 Å². The Hall–Kier alpha value is -0.570. The summed E-state index contributed by atoms with van der Waals surface area (Å²) in [6.45, 7) is 9.12. The third-order valence-corrected chi connectivity index (χ3v) is 3.96. The second-order valence-corrected chi connectivity index (χ2v) is 6.31. The lowest BCUT2D eigenvalue weighted by Crippen LogP contribution is -2.41. The number of rotatable bonds is 5. The van der Waals surface area contributed by atoms with Crippen LogP contribution < -0.4 is 10.6 Å². The Morgan fingerprint density at radius 2 is 1.83 bits per heavy atom. The van der Waals surface area contributed by atoms with Gasteiger partial charge in [0.15, 0.2) is 0 Å². The van der Waals surface area contributed by atoms with E-state index in [0.717, 1.165) is 11.8 Å². The Morgan fingerprint density at radius 3 is 2.44 bits per heavy atom. The van der Waals surface area contributed by atoms with Crippen LogP contribution in [-0.2, 0) is 4.79 Å². The molecule has 18 heavy (non-hydrogen) atoms. The minimum Gasteiger partial charge on any atom is -0.353 e. The average Bonchev–Trinajstić information content (AvgIpc) is 2.50. The lowest BCUT2D eigenvalue weighted by Gasteiger charge is -2.19. The van der Waals surface area contributed by atoms with E-state index in [2.05, 4.69) is 24.5 Å². The molecule has 1 aliphatic rings. The van der Waals surface area contributed by atoms with Crippen molar-refractivity contribution in [1.82, 2.24) is 10.6 Å². The highest BCUT2D eigenvalue weighted by Crippen LogP contribution is 2.28. The summed E-state index contributed by atoms with van der Waals surface area (Å²) in [5.41, 5.74) is 0. The van der Waals surface area contributed by atoms with Gasteiger partial charge >= 0.3 is 0 Å². The summed E-state index contributed by atoms with van der Waals surface area (Å²) >= 11 is 0. The standard InChI is InChI=1S/C15H30N2O/c1-11(2)13-6-5-7-14(9-8-13)16-10-15(18)17-12(3)4/h11-14,16H,5-10H2,1-4H3,(H,17,18).